The molecule has 1 N–H and O–H groups in total. The second-order valence-corrected chi connectivity index (χ2v) is 4.25. The summed E-state index contributed by atoms with van der Waals surface area (Å²) < 4.78 is 11.1. The van der Waals surface area contributed by atoms with Crippen molar-refractivity contribution >= 4 is 0 Å². The fourth-order valence-corrected chi connectivity index (χ4v) is 1.76. The molecule has 0 aliphatic rings. The Morgan fingerprint density at radius 2 is 1.75 bits per heavy atom. The van der Waals surface area contributed by atoms with Crippen molar-refractivity contribution < 1.29 is 9.47 Å². The lowest BCUT2D eigenvalue weighted by Gasteiger charge is -2.08. The largest absolute Gasteiger partial charge is 0.494 e. The molecule has 4 heteroatoms. The molecule has 0 fully saturated rings. The molecule has 0 aliphatic carbocycles. The minimum atomic E-state index is 0.601. The van der Waals surface area contributed by atoms with Crippen LogP contribution >= 0.6 is 0 Å². The lowest BCUT2D eigenvalue weighted by atomic mass is 10.3. The molecule has 0 amide bonds. The standard InChI is InChI=1S/C16H20N2O2/c1-3-17-12-13-6-5-7-16(18-13)20-15-10-8-14(9-11-15)19-4-2/h5-11,17H,3-4,12H2,1-2H3. The molecule has 1 aromatic heterocycles. The van der Waals surface area contributed by atoms with E-state index in [0.717, 1.165) is 30.3 Å². The van der Waals surface area contributed by atoms with Gasteiger partial charge in [0.1, 0.15) is 11.5 Å². The van der Waals surface area contributed by atoms with Gasteiger partial charge < -0.3 is 14.8 Å². The maximum Gasteiger partial charge on any atom is 0.219 e. The molecule has 0 saturated heterocycles. The van der Waals surface area contributed by atoms with Crippen molar-refractivity contribution in [2.24, 2.45) is 0 Å². The van der Waals surface area contributed by atoms with Gasteiger partial charge in [-0.15, -0.1) is 0 Å². The zero-order valence-electron chi connectivity index (χ0n) is 11.9. The summed E-state index contributed by atoms with van der Waals surface area (Å²) in [6.45, 7) is 6.36. The van der Waals surface area contributed by atoms with Crippen LogP contribution in [0.15, 0.2) is 42.5 Å². The Morgan fingerprint density at radius 1 is 1.00 bits per heavy atom. The topological polar surface area (TPSA) is 43.4 Å². The Bertz CT molecular complexity index is 526. The summed E-state index contributed by atoms with van der Waals surface area (Å²) in [5.74, 6) is 2.19. The summed E-state index contributed by atoms with van der Waals surface area (Å²) in [6, 6.07) is 13.3. The van der Waals surface area contributed by atoms with Gasteiger partial charge in [-0.05, 0) is 43.8 Å². The van der Waals surface area contributed by atoms with Crippen LogP contribution in [0.5, 0.6) is 17.4 Å². The van der Waals surface area contributed by atoms with Crippen molar-refractivity contribution in [1.82, 2.24) is 10.3 Å². The van der Waals surface area contributed by atoms with Crippen molar-refractivity contribution in [3.63, 3.8) is 0 Å². The third-order valence-corrected chi connectivity index (χ3v) is 2.69. The van der Waals surface area contributed by atoms with Crippen molar-refractivity contribution in [2.45, 2.75) is 20.4 Å². The first-order valence-corrected chi connectivity index (χ1v) is 6.89. The van der Waals surface area contributed by atoms with E-state index in [2.05, 4.69) is 17.2 Å². The van der Waals surface area contributed by atoms with Gasteiger partial charge in [-0.2, -0.15) is 0 Å². The number of benzene rings is 1. The molecule has 4 nitrogen and oxygen atoms in total. The molecule has 106 valence electrons. The number of nitrogens with zero attached hydrogens (tertiary/aromatic N) is 1. The van der Waals surface area contributed by atoms with Crippen LogP contribution in [0.25, 0.3) is 0 Å². The van der Waals surface area contributed by atoms with Crippen LogP contribution in [-0.2, 0) is 6.54 Å². The summed E-state index contributed by atoms with van der Waals surface area (Å²) >= 11 is 0. The lowest BCUT2D eigenvalue weighted by molar-refractivity contribution is 0.339. The van der Waals surface area contributed by atoms with E-state index in [1.165, 1.54) is 0 Å². The van der Waals surface area contributed by atoms with E-state index in [-0.39, 0.29) is 0 Å². The number of hydrogen-bond acceptors (Lipinski definition) is 4. The van der Waals surface area contributed by atoms with Crippen molar-refractivity contribution in [3.8, 4) is 17.4 Å². The fraction of sp³-hybridized carbons (Fsp3) is 0.312. The highest BCUT2D eigenvalue weighted by atomic mass is 16.5. The van der Waals surface area contributed by atoms with Gasteiger partial charge in [-0.1, -0.05) is 13.0 Å². The van der Waals surface area contributed by atoms with E-state index in [0.29, 0.717) is 12.5 Å². The highest BCUT2D eigenvalue weighted by Crippen LogP contribution is 2.22. The highest BCUT2D eigenvalue weighted by molar-refractivity contribution is 5.33. The highest BCUT2D eigenvalue weighted by Gasteiger charge is 2.01. The van der Waals surface area contributed by atoms with Gasteiger partial charge >= 0.3 is 0 Å². The molecule has 0 bridgehead atoms. The Balaban J connectivity index is 2.01. The molecule has 2 aromatic rings. The summed E-state index contributed by atoms with van der Waals surface area (Å²) in [4.78, 5) is 4.45. The number of nitrogens with one attached hydrogen (secondary N) is 1. The molecule has 0 radical (unpaired) electrons. The van der Waals surface area contributed by atoms with Gasteiger partial charge in [-0.25, -0.2) is 4.98 Å². The molecule has 0 atom stereocenters. The van der Waals surface area contributed by atoms with E-state index < -0.39 is 0 Å². The normalized spacial score (nSPS) is 10.3. The number of aromatic nitrogens is 1. The van der Waals surface area contributed by atoms with Gasteiger partial charge in [0.2, 0.25) is 5.88 Å². The first-order chi connectivity index (χ1) is 9.81. The van der Waals surface area contributed by atoms with E-state index in [1.807, 2.05) is 49.4 Å². The van der Waals surface area contributed by atoms with Crippen LogP contribution < -0.4 is 14.8 Å². The zero-order chi connectivity index (χ0) is 14.2. The summed E-state index contributed by atoms with van der Waals surface area (Å²) in [6.07, 6.45) is 0. The van der Waals surface area contributed by atoms with Crippen LogP contribution in [0.2, 0.25) is 0 Å². The smallest absolute Gasteiger partial charge is 0.219 e. The fourth-order valence-electron chi connectivity index (χ4n) is 1.76. The van der Waals surface area contributed by atoms with Crippen LogP contribution in [-0.4, -0.2) is 18.1 Å². The first-order valence-electron chi connectivity index (χ1n) is 6.89. The Hall–Kier alpha value is -2.07. The van der Waals surface area contributed by atoms with Crippen molar-refractivity contribution in [1.29, 1.82) is 0 Å². The Labute approximate surface area is 119 Å². The summed E-state index contributed by atoms with van der Waals surface area (Å²) in [5.41, 5.74) is 0.968. The molecule has 0 unspecified atom stereocenters. The van der Waals surface area contributed by atoms with Gasteiger partial charge in [0.15, 0.2) is 0 Å². The van der Waals surface area contributed by atoms with E-state index in [4.69, 9.17) is 9.47 Å². The average molecular weight is 272 g/mol. The Morgan fingerprint density at radius 3 is 2.45 bits per heavy atom. The van der Waals surface area contributed by atoms with Crippen LogP contribution in [0.3, 0.4) is 0 Å². The van der Waals surface area contributed by atoms with Gasteiger partial charge in [-0.3, -0.25) is 0 Å². The predicted molar refractivity (Wildman–Crippen MR) is 79.3 cm³/mol. The maximum absolute atomic E-state index is 5.74. The number of rotatable bonds is 7. The zero-order valence-corrected chi connectivity index (χ0v) is 11.9. The summed E-state index contributed by atoms with van der Waals surface area (Å²) in [5, 5.41) is 3.24. The van der Waals surface area contributed by atoms with E-state index in [9.17, 15) is 0 Å². The second-order valence-electron chi connectivity index (χ2n) is 4.25. The van der Waals surface area contributed by atoms with Crippen molar-refractivity contribution in [3.05, 3.63) is 48.2 Å². The summed E-state index contributed by atoms with van der Waals surface area (Å²) in [7, 11) is 0. The Kier molecular flexibility index (Phi) is 5.38. The van der Waals surface area contributed by atoms with Gasteiger partial charge in [0.25, 0.3) is 0 Å². The van der Waals surface area contributed by atoms with Crippen LogP contribution in [0.1, 0.15) is 19.5 Å². The van der Waals surface area contributed by atoms with Gasteiger partial charge in [0.05, 0.1) is 12.3 Å². The predicted octanol–water partition coefficient (Wildman–Crippen LogP) is 3.38. The SMILES string of the molecule is CCNCc1cccc(Oc2ccc(OCC)cc2)n1. The van der Waals surface area contributed by atoms with Crippen LogP contribution in [0.4, 0.5) is 0 Å². The first kappa shape index (κ1) is 14.3. The monoisotopic (exact) mass is 272 g/mol. The molecule has 20 heavy (non-hydrogen) atoms. The third kappa shape index (κ3) is 4.24. The lowest BCUT2D eigenvalue weighted by Crippen LogP contribution is -2.12. The van der Waals surface area contributed by atoms with Crippen molar-refractivity contribution in [2.75, 3.05) is 13.2 Å². The molecule has 1 heterocycles. The minimum absolute atomic E-state index is 0.601. The molecule has 2 rings (SSSR count). The molecular formula is C16H20N2O2. The molecule has 0 saturated carbocycles. The number of pyridine rings is 1. The number of ether oxygens (including phenoxy) is 2. The second kappa shape index (κ2) is 7.50. The van der Waals surface area contributed by atoms with Gasteiger partial charge in [0, 0.05) is 12.6 Å². The van der Waals surface area contributed by atoms with Crippen LogP contribution in [0, 0.1) is 0 Å². The third-order valence-electron chi connectivity index (χ3n) is 2.69. The quantitative estimate of drug-likeness (QED) is 0.839. The maximum atomic E-state index is 5.74. The van der Waals surface area contributed by atoms with E-state index in [1.54, 1.807) is 0 Å². The molecule has 0 spiro atoms. The molecule has 1 aromatic carbocycles. The van der Waals surface area contributed by atoms with E-state index >= 15 is 0 Å². The minimum Gasteiger partial charge on any atom is -0.494 e. The molecular weight excluding hydrogens is 252 g/mol. The molecule has 0 aliphatic heterocycles. The number of hydrogen-bond donors (Lipinski definition) is 1. The average Bonchev–Trinajstić information content (AvgIpc) is 2.48.